The molecular formula is C16H20N2O6. The smallest absolute Gasteiger partial charge is 0.421 e. The topological polar surface area (TPSA) is 94.2 Å². The Bertz CT molecular complexity index is 611. The van der Waals surface area contributed by atoms with E-state index in [1.54, 1.807) is 45.0 Å². The highest BCUT2D eigenvalue weighted by atomic mass is 16.6. The number of rotatable bonds is 3. The number of cyclic esters (lactones) is 1. The second-order valence-corrected chi connectivity index (χ2v) is 6.15. The highest BCUT2D eigenvalue weighted by Gasteiger charge is 2.40. The summed E-state index contributed by atoms with van der Waals surface area (Å²) >= 11 is 0. The van der Waals surface area contributed by atoms with E-state index in [9.17, 15) is 14.4 Å². The molecule has 0 bridgehead atoms. The Kier molecular flexibility index (Phi) is 5.28. The Labute approximate surface area is 139 Å². The second kappa shape index (κ2) is 7.20. The lowest BCUT2D eigenvalue weighted by molar-refractivity contribution is 0.0451. The Balaban J connectivity index is 1.94. The molecule has 1 saturated heterocycles. The Morgan fingerprint density at radius 1 is 1.29 bits per heavy atom. The fourth-order valence-electron chi connectivity index (χ4n) is 1.96. The minimum Gasteiger partial charge on any atom is -0.445 e. The van der Waals surface area contributed by atoms with E-state index in [1.807, 2.05) is 6.07 Å². The average molecular weight is 336 g/mol. The first kappa shape index (κ1) is 17.6. The van der Waals surface area contributed by atoms with Gasteiger partial charge in [0.15, 0.2) is 6.17 Å². The largest absolute Gasteiger partial charge is 0.445 e. The van der Waals surface area contributed by atoms with Gasteiger partial charge in [0.2, 0.25) is 0 Å². The summed E-state index contributed by atoms with van der Waals surface area (Å²) in [5.41, 5.74) is 0.0710. The molecule has 1 atom stereocenters. The quantitative estimate of drug-likeness (QED) is 0.853. The van der Waals surface area contributed by atoms with Crippen LogP contribution in [0.3, 0.4) is 0 Å². The molecule has 2 rings (SSSR count). The van der Waals surface area contributed by atoms with Crippen molar-refractivity contribution < 1.29 is 28.6 Å². The first-order valence-corrected chi connectivity index (χ1v) is 7.42. The predicted molar refractivity (Wildman–Crippen MR) is 83.0 cm³/mol. The van der Waals surface area contributed by atoms with Gasteiger partial charge in [0.05, 0.1) is 0 Å². The number of hydrogen-bond donors (Lipinski definition) is 1. The van der Waals surface area contributed by atoms with Crippen LogP contribution in [0.1, 0.15) is 26.3 Å². The third-order valence-electron chi connectivity index (χ3n) is 2.96. The molecule has 3 amide bonds. The van der Waals surface area contributed by atoms with Crippen molar-refractivity contribution in [2.24, 2.45) is 0 Å². The molecule has 24 heavy (non-hydrogen) atoms. The Morgan fingerprint density at radius 3 is 2.58 bits per heavy atom. The number of amides is 3. The standard InChI is InChI=1S/C16H20N2O6/c1-16(2,3)24-13(19)17-12-10-23-15(21)18(12)14(20)22-9-11-7-5-4-6-8-11/h4-8,12H,9-10H2,1-3H3,(H,17,19). The van der Waals surface area contributed by atoms with Gasteiger partial charge in [-0.2, -0.15) is 4.90 Å². The molecule has 0 aromatic heterocycles. The van der Waals surface area contributed by atoms with E-state index >= 15 is 0 Å². The molecule has 1 heterocycles. The molecule has 130 valence electrons. The molecule has 1 fully saturated rings. The lowest BCUT2D eigenvalue weighted by atomic mass is 10.2. The van der Waals surface area contributed by atoms with Crippen LogP contribution in [0.5, 0.6) is 0 Å². The van der Waals surface area contributed by atoms with E-state index in [0.717, 1.165) is 5.56 Å². The molecule has 0 aliphatic carbocycles. The van der Waals surface area contributed by atoms with E-state index in [-0.39, 0.29) is 13.2 Å². The molecule has 0 saturated carbocycles. The molecular weight excluding hydrogens is 316 g/mol. The van der Waals surface area contributed by atoms with Crippen LogP contribution in [0.4, 0.5) is 14.4 Å². The van der Waals surface area contributed by atoms with Gasteiger partial charge in [-0.05, 0) is 26.3 Å². The zero-order chi connectivity index (χ0) is 17.7. The summed E-state index contributed by atoms with van der Waals surface area (Å²) in [5.74, 6) is 0. The lowest BCUT2D eigenvalue weighted by Crippen LogP contribution is -2.50. The van der Waals surface area contributed by atoms with Gasteiger partial charge in [0.25, 0.3) is 0 Å². The number of carbonyl (C=O) groups is 3. The third kappa shape index (κ3) is 4.87. The van der Waals surface area contributed by atoms with Gasteiger partial charge in [-0.25, -0.2) is 14.4 Å². The van der Waals surface area contributed by atoms with E-state index < -0.39 is 30.0 Å². The molecule has 8 nitrogen and oxygen atoms in total. The van der Waals surface area contributed by atoms with Crippen LogP contribution < -0.4 is 5.32 Å². The first-order chi connectivity index (χ1) is 11.3. The summed E-state index contributed by atoms with van der Waals surface area (Å²) in [6, 6.07) is 9.02. The van der Waals surface area contributed by atoms with Crippen molar-refractivity contribution in [2.75, 3.05) is 6.61 Å². The van der Waals surface area contributed by atoms with Gasteiger partial charge in [-0.1, -0.05) is 30.3 Å². The molecule has 1 unspecified atom stereocenters. The number of imide groups is 1. The van der Waals surface area contributed by atoms with Crippen molar-refractivity contribution in [3.8, 4) is 0 Å². The number of hydrogen-bond acceptors (Lipinski definition) is 6. The van der Waals surface area contributed by atoms with Gasteiger partial charge in [0, 0.05) is 0 Å². The number of alkyl carbamates (subject to hydrolysis) is 1. The molecule has 1 aliphatic heterocycles. The van der Waals surface area contributed by atoms with Gasteiger partial charge in [-0.15, -0.1) is 0 Å². The van der Waals surface area contributed by atoms with Gasteiger partial charge in [-0.3, -0.25) is 5.32 Å². The maximum Gasteiger partial charge on any atom is 0.421 e. The molecule has 0 spiro atoms. The fourth-order valence-corrected chi connectivity index (χ4v) is 1.96. The SMILES string of the molecule is CC(C)(C)OC(=O)NC1COC(=O)N1C(=O)OCc1ccccc1. The van der Waals surface area contributed by atoms with E-state index in [1.165, 1.54) is 0 Å². The fraction of sp³-hybridized carbons (Fsp3) is 0.438. The highest BCUT2D eigenvalue weighted by molar-refractivity contribution is 5.90. The van der Waals surface area contributed by atoms with Gasteiger partial charge < -0.3 is 14.2 Å². The number of benzene rings is 1. The van der Waals surface area contributed by atoms with Gasteiger partial charge >= 0.3 is 18.3 Å². The third-order valence-corrected chi connectivity index (χ3v) is 2.96. The van der Waals surface area contributed by atoms with Crippen LogP contribution in [0.25, 0.3) is 0 Å². The molecule has 1 N–H and O–H groups in total. The van der Waals surface area contributed by atoms with Crippen molar-refractivity contribution in [3.63, 3.8) is 0 Å². The van der Waals surface area contributed by atoms with Crippen molar-refractivity contribution in [3.05, 3.63) is 35.9 Å². The Hall–Kier alpha value is -2.77. The average Bonchev–Trinajstić information content (AvgIpc) is 2.84. The Morgan fingerprint density at radius 2 is 1.96 bits per heavy atom. The zero-order valence-electron chi connectivity index (χ0n) is 13.8. The maximum atomic E-state index is 12.1. The monoisotopic (exact) mass is 336 g/mol. The number of nitrogens with one attached hydrogen (secondary N) is 1. The van der Waals surface area contributed by atoms with Crippen LogP contribution in [-0.2, 0) is 20.8 Å². The summed E-state index contributed by atoms with van der Waals surface area (Å²) in [7, 11) is 0. The summed E-state index contributed by atoms with van der Waals surface area (Å²) in [6.45, 7) is 4.94. The van der Waals surface area contributed by atoms with Crippen LogP contribution in [0.2, 0.25) is 0 Å². The van der Waals surface area contributed by atoms with Crippen molar-refractivity contribution in [2.45, 2.75) is 39.1 Å². The summed E-state index contributed by atoms with van der Waals surface area (Å²) < 4.78 is 15.0. The van der Waals surface area contributed by atoms with Crippen LogP contribution >= 0.6 is 0 Å². The van der Waals surface area contributed by atoms with Crippen molar-refractivity contribution in [1.29, 1.82) is 0 Å². The lowest BCUT2D eigenvalue weighted by Gasteiger charge is -2.23. The molecule has 8 heteroatoms. The van der Waals surface area contributed by atoms with Crippen LogP contribution in [0.15, 0.2) is 30.3 Å². The van der Waals surface area contributed by atoms with E-state index in [4.69, 9.17) is 14.2 Å². The van der Waals surface area contributed by atoms with Crippen molar-refractivity contribution >= 4 is 18.3 Å². The summed E-state index contributed by atoms with van der Waals surface area (Å²) in [6.07, 6.45) is -3.51. The molecule has 0 radical (unpaired) electrons. The minimum absolute atomic E-state index is 0.00259. The van der Waals surface area contributed by atoms with Crippen LogP contribution in [-0.4, -0.2) is 41.6 Å². The predicted octanol–water partition coefficient (Wildman–Crippen LogP) is 2.63. The first-order valence-electron chi connectivity index (χ1n) is 7.42. The number of nitrogens with zero attached hydrogens (tertiary/aromatic N) is 1. The summed E-state index contributed by atoms with van der Waals surface area (Å²) in [5, 5.41) is 2.41. The zero-order valence-corrected chi connectivity index (χ0v) is 13.8. The number of carbonyl (C=O) groups excluding carboxylic acids is 3. The maximum absolute atomic E-state index is 12.1. The minimum atomic E-state index is -0.976. The number of ether oxygens (including phenoxy) is 3. The van der Waals surface area contributed by atoms with Crippen molar-refractivity contribution in [1.82, 2.24) is 10.2 Å². The van der Waals surface area contributed by atoms with Gasteiger partial charge in [0.1, 0.15) is 18.8 Å². The van der Waals surface area contributed by atoms with E-state index in [0.29, 0.717) is 4.90 Å². The molecule has 1 aromatic carbocycles. The normalized spacial score (nSPS) is 17.2. The molecule has 1 aliphatic rings. The highest BCUT2D eigenvalue weighted by Crippen LogP contribution is 2.14. The molecule has 1 aromatic rings. The van der Waals surface area contributed by atoms with Crippen LogP contribution in [0, 0.1) is 0 Å². The van der Waals surface area contributed by atoms with E-state index in [2.05, 4.69) is 5.32 Å². The second-order valence-electron chi connectivity index (χ2n) is 6.15. The summed E-state index contributed by atoms with van der Waals surface area (Å²) in [4.78, 5) is 36.3.